The number of alkyl halides is 3. The molecule has 1 heterocycles. The Bertz CT molecular complexity index is 545. The fourth-order valence-electron chi connectivity index (χ4n) is 1.71. The molecule has 1 saturated heterocycles. The number of benzene rings is 1. The number of hydrogen-bond acceptors (Lipinski definition) is 2. The van der Waals surface area contributed by atoms with E-state index in [0.717, 1.165) is 11.0 Å². The van der Waals surface area contributed by atoms with E-state index in [1.807, 2.05) is 0 Å². The molecule has 0 bridgehead atoms. The smallest absolute Gasteiger partial charge is 0.294 e. The average Bonchev–Trinajstić information content (AvgIpc) is 2.29. The predicted octanol–water partition coefficient (Wildman–Crippen LogP) is 2.91. The zero-order valence-electron chi connectivity index (χ0n) is 9.42. The number of imide groups is 1. The van der Waals surface area contributed by atoms with Crippen molar-refractivity contribution in [3.63, 3.8) is 0 Å². The molecular weight excluding hydrogens is 329 g/mol. The van der Waals surface area contributed by atoms with Gasteiger partial charge in [-0.05, 0) is 18.2 Å². The van der Waals surface area contributed by atoms with Gasteiger partial charge in [-0.1, -0.05) is 15.9 Å². The third-order valence-electron chi connectivity index (χ3n) is 2.62. The van der Waals surface area contributed by atoms with Crippen LogP contribution in [0.4, 0.5) is 23.7 Å². The highest BCUT2D eigenvalue weighted by atomic mass is 79.9. The van der Waals surface area contributed by atoms with Crippen molar-refractivity contribution in [1.29, 1.82) is 0 Å². The van der Waals surface area contributed by atoms with Gasteiger partial charge in [-0.25, -0.2) is 4.79 Å². The molecule has 1 aromatic rings. The third kappa shape index (κ3) is 2.89. The standard InChI is InChI=1S/C11H8BrF3N2O2/c12-8-2-1-6(5-7(8)11(13,14)15)17-4-3-9(18)16-10(17)19/h1-2,5H,3-4H2,(H,16,18,19). The van der Waals surface area contributed by atoms with Gasteiger partial charge in [0.05, 0.1) is 5.56 Å². The van der Waals surface area contributed by atoms with E-state index in [-0.39, 0.29) is 23.1 Å². The highest BCUT2D eigenvalue weighted by Gasteiger charge is 2.34. The number of carbonyl (C=O) groups is 2. The minimum absolute atomic E-state index is 0.0587. The quantitative estimate of drug-likeness (QED) is 0.857. The van der Waals surface area contributed by atoms with Crippen LogP contribution in [0.2, 0.25) is 0 Å². The number of halogens is 4. The van der Waals surface area contributed by atoms with Crippen LogP contribution in [-0.2, 0) is 11.0 Å². The van der Waals surface area contributed by atoms with Crippen LogP contribution in [-0.4, -0.2) is 18.5 Å². The maximum atomic E-state index is 12.8. The first-order valence-electron chi connectivity index (χ1n) is 5.27. The maximum Gasteiger partial charge on any atom is 0.417 e. The molecule has 4 nitrogen and oxygen atoms in total. The van der Waals surface area contributed by atoms with Gasteiger partial charge in [0.1, 0.15) is 0 Å². The topological polar surface area (TPSA) is 49.4 Å². The molecule has 8 heteroatoms. The lowest BCUT2D eigenvalue weighted by Crippen LogP contribution is -2.49. The Labute approximate surface area is 114 Å². The van der Waals surface area contributed by atoms with Crippen LogP contribution >= 0.6 is 15.9 Å². The van der Waals surface area contributed by atoms with Crippen molar-refractivity contribution in [2.24, 2.45) is 0 Å². The minimum Gasteiger partial charge on any atom is -0.294 e. The van der Waals surface area contributed by atoms with Crippen LogP contribution in [0.5, 0.6) is 0 Å². The van der Waals surface area contributed by atoms with Gasteiger partial charge in [0.25, 0.3) is 0 Å². The lowest BCUT2D eigenvalue weighted by molar-refractivity contribution is -0.138. The Morgan fingerprint density at radius 3 is 2.53 bits per heavy atom. The van der Waals surface area contributed by atoms with Gasteiger partial charge < -0.3 is 0 Å². The molecule has 0 spiro atoms. The molecule has 0 aliphatic carbocycles. The lowest BCUT2D eigenvalue weighted by atomic mass is 10.1. The van der Waals surface area contributed by atoms with Crippen LogP contribution in [0.3, 0.4) is 0 Å². The summed E-state index contributed by atoms with van der Waals surface area (Å²) in [4.78, 5) is 23.6. The normalized spacial score (nSPS) is 16.5. The Balaban J connectivity index is 2.36. The average molecular weight is 337 g/mol. The molecule has 0 saturated carbocycles. The molecule has 0 aromatic heterocycles. The molecule has 0 radical (unpaired) electrons. The van der Waals surface area contributed by atoms with E-state index in [0.29, 0.717) is 0 Å². The van der Waals surface area contributed by atoms with Gasteiger partial charge in [-0.2, -0.15) is 13.2 Å². The second-order valence-electron chi connectivity index (χ2n) is 3.92. The number of rotatable bonds is 1. The summed E-state index contributed by atoms with van der Waals surface area (Å²) in [5.74, 6) is -0.436. The van der Waals surface area contributed by atoms with Crippen LogP contribution < -0.4 is 10.2 Å². The van der Waals surface area contributed by atoms with Crippen molar-refractivity contribution in [1.82, 2.24) is 5.32 Å². The summed E-state index contributed by atoms with van der Waals surface area (Å²) in [6.45, 7) is 0.0591. The van der Waals surface area contributed by atoms with Crippen molar-refractivity contribution < 1.29 is 22.8 Å². The van der Waals surface area contributed by atoms with E-state index in [9.17, 15) is 22.8 Å². The Morgan fingerprint density at radius 1 is 1.26 bits per heavy atom. The van der Waals surface area contributed by atoms with E-state index in [1.54, 1.807) is 0 Å². The summed E-state index contributed by atoms with van der Waals surface area (Å²) >= 11 is 2.82. The summed E-state index contributed by atoms with van der Waals surface area (Å²) in [5, 5.41) is 2.06. The number of urea groups is 1. The number of carbonyl (C=O) groups excluding carboxylic acids is 2. The van der Waals surface area contributed by atoms with Gasteiger partial charge in [-0.15, -0.1) is 0 Å². The van der Waals surface area contributed by atoms with Crippen LogP contribution in [0, 0.1) is 0 Å². The van der Waals surface area contributed by atoms with Crippen molar-refractivity contribution in [3.8, 4) is 0 Å². The summed E-state index contributed by atoms with van der Waals surface area (Å²) in [6.07, 6.45) is -4.46. The first-order valence-corrected chi connectivity index (χ1v) is 6.06. The number of anilines is 1. The maximum absolute atomic E-state index is 12.8. The molecule has 19 heavy (non-hydrogen) atoms. The highest BCUT2D eigenvalue weighted by molar-refractivity contribution is 9.10. The molecule has 1 fully saturated rings. The van der Waals surface area contributed by atoms with Gasteiger partial charge >= 0.3 is 12.2 Å². The Kier molecular flexibility index (Phi) is 3.53. The van der Waals surface area contributed by atoms with E-state index in [4.69, 9.17) is 0 Å². The van der Waals surface area contributed by atoms with Crippen LogP contribution in [0.15, 0.2) is 22.7 Å². The van der Waals surface area contributed by atoms with Crippen LogP contribution in [0.1, 0.15) is 12.0 Å². The molecule has 1 aromatic carbocycles. The van der Waals surface area contributed by atoms with Gasteiger partial charge in [0.2, 0.25) is 5.91 Å². The van der Waals surface area contributed by atoms with E-state index in [1.165, 1.54) is 12.1 Å². The number of nitrogens with one attached hydrogen (secondary N) is 1. The van der Waals surface area contributed by atoms with Crippen LogP contribution in [0.25, 0.3) is 0 Å². The lowest BCUT2D eigenvalue weighted by Gasteiger charge is -2.27. The first kappa shape index (κ1) is 13.9. The molecule has 1 aliphatic heterocycles. The fourth-order valence-corrected chi connectivity index (χ4v) is 2.18. The van der Waals surface area contributed by atoms with Gasteiger partial charge in [-0.3, -0.25) is 15.0 Å². The molecule has 102 valence electrons. The molecule has 0 unspecified atom stereocenters. The molecule has 1 N–H and O–H groups in total. The molecule has 3 amide bonds. The van der Waals surface area contributed by atoms with Crippen molar-refractivity contribution in [3.05, 3.63) is 28.2 Å². The largest absolute Gasteiger partial charge is 0.417 e. The number of nitrogens with zero attached hydrogens (tertiary/aromatic N) is 1. The number of hydrogen-bond donors (Lipinski definition) is 1. The van der Waals surface area contributed by atoms with E-state index >= 15 is 0 Å². The van der Waals surface area contributed by atoms with Crippen molar-refractivity contribution >= 4 is 33.6 Å². The number of amides is 3. The zero-order valence-corrected chi connectivity index (χ0v) is 11.0. The summed E-state index contributed by atoms with van der Waals surface area (Å²) in [5.41, 5.74) is -0.768. The predicted molar refractivity (Wildman–Crippen MR) is 64.6 cm³/mol. The second kappa shape index (κ2) is 4.84. The monoisotopic (exact) mass is 336 g/mol. The van der Waals surface area contributed by atoms with Gasteiger partial charge in [0.15, 0.2) is 0 Å². The van der Waals surface area contributed by atoms with E-state index < -0.39 is 23.7 Å². The van der Waals surface area contributed by atoms with Crippen molar-refractivity contribution in [2.45, 2.75) is 12.6 Å². The molecule has 1 aliphatic rings. The third-order valence-corrected chi connectivity index (χ3v) is 3.31. The zero-order chi connectivity index (χ0) is 14.2. The van der Waals surface area contributed by atoms with Gasteiger partial charge in [0, 0.05) is 23.1 Å². The fraction of sp³-hybridized carbons (Fsp3) is 0.273. The SMILES string of the molecule is O=C1CCN(c2ccc(Br)c(C(F)(F)F)c2)C(=O)N1. The molecular formula is C11H8BrF3N2O2. The Hall–Kier alpha value is -1.57. The Morgan fingerprint density at radius 2 is 1.95 bits per heavy atom. The summed E-state index contributed by atoms with van der Waals surface area (Å²) in [6, 6.07) is 2.77. The summed E-state index contributed by atoms with van der Waals surface area (Å²) in [7, 11) is 0. The van der Waals surface area contributed by atoms with E-state index in [2.05, 4.69) is 21.2 Å². The second-order valence-corrected chi connectivity index (χ2v) is 4.77. The molecule has 0 atom stereocenters. The summed E-state index contributed by atoms with van der Waals surface area (Å²) < 4.78 is 38.2. The van der Waals surface area contributed by atoms with Crippen molar-refractivity contribution in [2.75, 3.05) is 11.4 Å². The first-order chi connectivity index (χ1) is 8.79. The minimum atomic E-state index is -4.52. The highest BCUT2D eigenvalue weighted by Crippen LogP contribution is 2.37. The molecule has 2 rings (SSSR count).